The van der Waals surface area contributed by atoms with Gasteiger partial charge in [-0.2, -0.15) is 21.6 Å². The number of para-hydroxylation sites is 1. The van der Waals surface area contributed by atoms with Gasteiger partial charge in [-0.25, -0.2) is 0 Å². The van der Waals surface area contributed by atoms with Crippen molar-refractivity contribution in [2.75, 3.05) is 11.3 Å². The van der Waals surface area contributed by atoms with Crippen LogP contribution < -0.4 is 9.46 Å². The van der Waals surface area contributed by atoms with Crippen molar-refractivity contribution >= 4 is 15.7 Å². The van der Waals surface area contributed by atoms with Crippen LogP contribution in [0.5, 0.6) is 5.75 Å². The largest absolute Gasteiger partial charge is 0.516 e. The molecule has 0 saturated carbocycles. The van der Waals surface area contributed by atoms with E-state index in [0.717, 1.165) is 16.7 Å². The molecular formula is C29H24F3NO4S. The molecule has 2 atom stereocenters. The Morgan fingerprint density at radius 1 is 0.842 bits per heavy atom. The number of sulfonamides is 1. The first-order valence-corrected chi connectivity index (χ1v) is 13.4. The number of hydrogen-bond donors (Lipinski definition) is 2. The zero-order valence-electron chi connectivity index (χ0n) is 20.0. The van der Waals surface area contributed by atoms with Gasteiger partial charge >= 0.3 is 15.5 Å². The van der Waals surface area contributed by atoms with Crippen LogP contribution in [0.2, 0.25) is 0 Å². The van der Waals surface area contributed by atoms with Gasteiger partial charge in [0.1, 0.15) is 5.75 Å². The van der Waals surface area contributed by atoms with Crippen molar-refractivity contribution in [2.24, 2.45) is 5.92 Å². The van der Waals surface area contributed by atoms with Crippen molar-refractivity contribution in [1.29, 1.82) is 0 Å². The molecule has 0 spiro atoms. The van der Waals surface area contributed by atoms with Crippen LogP contribution in [0.1, 0.15) is 17.2 Å². The van der Waals surface area contributed by atoms with Crippen molar-refractivity contribution in [3.05, 3.63) is 108 Å². The fourth-order valence-electron chi connectivity index (χ4n) is 4.58. The Kier molecular flexibility index (Phi) is 6.90. The standard InChI is InChI=1S/C29H24F3NO4S/c30-29(31,32)38(35,36)33-26-9-5-4-8-24(26)22-14-15-25-27(17-22)37-18-23(28(25)34)16-19-10-12-21(13-11-19)20-6-2-1-3-7-20/h1-15,17,23,28,33-34H,16,18H2. The smallest absolute Gasteiger partial charge is 0.493 e. The van der Waals surface area contributed by atoms with E-state index >= 15 is 0 Å². The number of aliphatic hydroxyl groups is 1. The lowest BCUT2D eigenvalue weighted by molar-refractivity contribution is -0.0429. The van der Waals surface area contributed by atoms with Gasteiger partial charge < -0.3 is 9.84 Å². The second kappa shape index (κ2) is 10.2. The first-order valence-electron chi connectivity index (χ1n) is 11.9. The fraction of sp³-hybridized carbons (Fsp3) is 0.172. The zero-order chi connectivity index (χ0) is 26.9. The maximum atomic E-state index is 12.9. The molecule has 0 radical (unpaired) electrons. The molecule has 0 bridgehead atoms. The number of benzene rings is 4. The summed E-state index contributed by atoms with van der Waals surface area (Å²) in [6.45, 7) is 0.250. The molecule has 5 nitrogen and oxygen atoms in total. The number of fused-ring (bicyclic) bond motifs is 1. The molecule has 1 aliphatic rings. The molecular weight excluding hydrogens is 515 g/mol. The number of hydrogen-bond acceptors (Lipinski definition) is 4. The van der Waals surface area contributed by atoms with Crippen LogP contribution in [0.15, 0.2) is 97.1 Å². The Labute approximate surface area is 218 Å². The molecule has 0 amide bonds. The van der Waals surface area contributed by atoms with Gasteiger partial charge in [0.25, 0.3) is 0 Å². The van der Waals surface area contributed by atoms with E-state index in [-0.39, 0.29) is 23.8 Å². The lowest BCUT2D eigenvalue weighted by Crippen LogP contribution is -2.30. The topological polar surface area (TPSA) is 75.6 Å². The average Bonchev–Trinajstić information content (AvgIpc) is 2.90. The highest BCUT2D eigenvalue weighted by molar-refractivity contribution is 7.93. The zero-order valence-corrected chi connectivity index (χ0v) is 20.8. The summed E-state index contributed by atoms with van der Waals surface area (Å²) in [4.78, 5) is 0. The number of halogens is 3. The van der Waals surface area contributed by atoms with E-state index in [9.17, 15) is 26.7 Å². The highest BCUT2D eigenvalue weighted by atomic mass is 32.2. The van der Waals surface area contributed by atoms with Crippen LogP contribution >= 0.6 is 0 Å². The van der Waals surface area contributed by atoms with Gasteiger partial charge in [-0.05, 0) is 40.8 Å². The number of nitrogens with one attached hydrogen (secondary N) is 1. The molecule has 0 aliphatic carbocycles. The second-order valence-corrected chi connectivity index (χ2v) is 10.8. The Balaban J connectivity index is 1.34. The van der Waals surface area contributed by atoms with E-state index in [0.29, 0.717) is 23.3 Å². The third-order valence-electron chi connectivity index (χ3n) is 6.58. The maximum absolute atomic E-state index is 12.9. The first kappa shape index (κ1) is 25.8. The third kappa shape index (κ3) is 5.25. The van der Waals surface area contributed by atoms with Crippen LogP contribution in [-0.4, -0.2) is 25.6 Å². The molecule has 9 heteroatoms. The SMILES string of the molecule is O=S(=O)(Nc1ccccc1-c1ccc2c(c1)OCC(Cc1ccc(-c3ccccc3)cc1)C2O)C(F)(F)F. The minimum atomic E-state index is -5.58. The van der Waals surface area contributed by atoms with Gasteiger partial charge in [0.2, 0.25) is 0 Å². The maximum Gasteiger partial charge on any atom is 0.516 e. The van der Waals surface area contributed by atoms with Gasteiger partial charge in [0, 0.05) is 17.0 Å². The Bertz CT molecular complexity index is 1540. The predicted octanol–water partition coefficient (Wildman–Crippen LogP) is 6.57. The van der Waals surface area contributed by atoms with Gasteiger partial charge in [0.05, 0.1) is 18.4 Å². The van der Waals surface area contributed by atoms with Gasteiger partial charge in [0.15, 0.2) is 0 Å². The number of ether oxygens (including phenoxy) is 1. The fourth-order valence-corrected chi connectivity index (χ4v) is 5.16. The minimum Gasteiger partial charge on any atom is -0.493 e. The Hall–Kier alpha value is -3.82. The van der Waals surface area contributed by atoms with Crippen LogP contribution in [0.25, 0.3) is 22.3 Å². The van der Waals surface area contributed by atoms with Crippen LogP contribution in [0.4, 0.5) is 18.9 Å². The van der Waals surface area contributed by atoms with Crippen molar-refractivity contribution < 1.29 is 31.4 Å². The molecule has 1 aliphatic heterocycles. The first-order chi connectivity index (χ1) is 18.1. The van der Waals surface area contributed by atoms with E-state index < -0.39 is 21.6 Å². The molecule has 0 aromatic heterocycles. The summed E-state index contributed by atoms with van der Waals surface area (Å²) in [7, 11) is -5.58. The molecule has 5 rings (SSSR count). The van der Waals surface area contributed by atoms with E-state index in [2.05, 4.69) is 0 Å². The van der Waals surface area contributed by atoms with Crippen molar-refractivity contribution in [2.45, 2.75) is 18.0 Å². The second-order valence-electron chi connectivity index (χ2n) is 9.13. The number of alkyl halides is 3. The summed E-state index contributed by atoms with van der Waals surface area (Å²) < 4.78 is 69.6. The van der Waals surface area contributed by atoms with Crippen molar-refractivity contribution in [3.8, 4) is 28.0 Å². The summed E-state index contributed by atoms with van der Waals surface area (Å²) in [6, 6.07) is 28.9. The highest BCUT2D eigenvalue weighted by Gasteiger charge is 2.46. The predicted molar refractivity (Wildman–Crippen MR) is 140 cm³/mol. The molecule has 0 fully saturated rings. The third-order valence-corrected chi connectivity index (χ3v) is 7.68. The summed E-state index contributed by atoms with van der Waals surface area (Å²) >= 11 is 0. The summed E-state index contributed by atoms with van der Waals surface area (Å²) in [5.41, 5.74) is -1.10. The molecule has 2 N–H and O–H groups in total. The Morgan fingerprint density at radius 3 is 2.18 bits per heavy atom. The van der Waals surface area contributed by atoms with E-state index in [1.807, 2.05) is 54.6 Å². The van der Waals surface area contributed by atoms with Crippen molar-refractivity contribution in [1.82, 2.24) is 0 Å². The lowest BCUT2D eigenvalue weighted by Gasteiger charge is -2.31. The molecule has 4 aromatic rings. The highest BCUT2D eigenvalue weighted by Crippen LogP contribution is 2.41. The van der Waals surface area contributed by atoms with E-state index in [4.69, 9.17) is 4.74 Å². The van der Waals surface area contributed by atoms with Crippen LogP contribution in [0, 0.1) is 5.92 Å². The minimum absolute atomic E-state index is 0.193. The molecule has 0 saturated heterocycles. The van der Waals surface area contributed by atoms with Crippen molar-refractivity contribution in [3.63, 3.8) is 0 Å². The molecule has 1 heterocycles. The normalized spacial score (nSPS) is 17.4. The van der Waals surface area contributed by atoms with Gasteiger partial charge in [-0.15, -0.1) is 0 Å². The van der Waals surface area contributed by atoms with E-state index in [1.165, 1.54) is 18.2 Å². The number of rotatable bonds is 6. The van der Waals surface area contributed by atoms with Crippen LogP contribution in [0.3, 0.4) is 0 Å². The van der Waals surface area contributed by atoms with Crippen LogP contribution in [-0.2, 0) is 16.4 Å². The van der Waals surface area contributed by atoms with Gasteiger partial charge in [-0.1, -0.05) is 84.9 Å². The number of aliphatic hydroxyl groups excluding tert-OH is 1. The summed E-state index contributed by atoms with van der Waals surface area (Å²) in [5, 5.41) is 11.1. The average molecular weight is 540 g/mol. The van der Waals surface area contributed by atoms with Gasteiger partial charge in [-0.3, -0.25) is 4.72 Å². The molecule has 196 valence electrons. The molecule has 4 aromatic carbocycles. The Morgan fingerprint density at radius 2 is 1.47 bits per heavy atom. The van der Waals surface area contributed by atoms with E-state index in [1.54, 1.807) is 29.0 Å². The summed E-state index contributed by atoms with van der Waals surface area (Å²) in [6.07, 6.45) is -0.208. The lowest BCUT2D eigenvalue weighted by atomic mass is 9.87. The molecule has 38 heavy (non-hydrogen) atoms. The monoisotopic (exact) mass is 539 g/mol. The number of anilines is 1. The summed E-state index contributed by atoms with van der Waals surface area (Å²) in [5.74, 6) is 0.209. The quantitative estimate of drug-likeness (QED) is 0.291. The molecule has 2 unspecified atom stereocenters.